The zero-order chi connectivity index (χ0) is 4.00. The fraction of sp³-hybridized carbons (Fsp3) is 0. The Morgan fingerprint density at radius 3 is 1.00 bits per heavy atom. The minimum atomic E-state index is 0. The topological polar surface area (TPSA) is 0 Å². The van der Waals surface area contributed by atoms with Gasteiger partial charge >= 0.3 is 0 Å². The van der Waals surface area contributed by atoms with Gasteiger partial charge in [0.2, 0.25) is 0 Å². The van der Waals surface area contributed by atoms with Gasteiger partial charge in [0.1, 0.15) is 0 Å². The molecule has 0 aromatic heterocycles. The molecule has 0 rings (SSSR count). The second kappa shape index (κ2) is 374. The van der Waals surface area contributed by atoms with E-state index in [2.05, 4.69) is 26.3 Å². The first-order chi connectivity index (χ1) is 2.00. The molecule has 0 saturated carbocycles. The maximum Gasteiger partial charge on any atom is 0 e. The van der Waals surface area contributed by atoms with Crippen molar-refractivity contribution in [3.05, 3.63) is 26.3 Å². The summed E-state index contributed by atoms with van der Waals surface area (Å²) in [5, 5.41) is 0. The van der Waals surface area contributed by atoms with E-state index in [9.17, 15) is 0 Å². The van der Waals surface area contributed by atoms with E-state index >= 15 is 0 Å². The van der Waals surface area contributed by atoms with E-state index in [4.69, 9.17) is 0 Å². The molecular formula is C4H8Bi. The van der Waals surface area contributed by atoms with Crippen LogP contribution in [0.3, 0.4) is 0 Å². The van der Waals surface area contributed by atoms with Gasteiger partial charge in [-0.1, -0.05) is 26.3 Å². The molecule has 5 radical (unpaired) electrons. The Bertz CT molecular complexity index is 9.51. The molecule has 0 aromatic carbocycles. The average molecular weight is 265 g/mol. The van der Waals surface area contributed by atoms with Gasteiger partial charge in [-0.25, -0.2) is 0 Å². The summed E-state index contributed by atoms with van der Waals surface area (Å²) >= 11 is 0. The molecule has 0 N–H and O–H groups in total. The molecular weight excluding hydrogens is 257 g/mol. The molecule has 0 aliphatic carbocycles. The van der Waals surface area contributed by atoms with Crippen LogP contribution in [0.4, 0.5) is 0 Å². The van der Waals surface area contributed by atoms with Crippen molar-refractivity contribution >= 4 is 26.2 Å². The third kappa shape index (κ3) is 185. The fourth-order valence-corrected chi connectivity index (χ4v) is 0. The van der Waals surface area contributed by atoms with Gasteiger partial charge in [-0.2, -0.15) is 0 Å². The Balaban J connectivity index is -0.00000000500. The van der Waals surface area contributed by atoms with Crippen molar-refractivity contribution in [2.45, 2.75) is 0 Å². The van der Waals surface area contributed by atoms with E-state index in [1.54, 1.807) is 0 Å². The van der Waals surface area contributed by atoms with E-state index < -0.39 is 0 Å². The van der Waals surface area contributed by atoms with Crippen molar-refractivity contribution in [3.8, 4) is 0 Å². The molecule has 0 amide bonds. The third-order valence-electron chi connectivity index (χ3n) is 0. The SMILES string of the molecule is [Bi].[CH]=C.[CH]=C.[HH]. The zero-order valence-corrected chi connectivity index (χ0v) is 6.49. The fourth-order valence-electron chi connectivity index (χ4n) is 0. The van der Waals surface area contributed by atoms with E-state index in [-0.39, 0.29) is 27.6 Å². The molecule has 5 heavy (non-hydrogen) atoms. The Kier molecular flexibility index (Phi) is 1370. The Labute approximate surface area is 54.2 Å². The van der Waals surface area contributed by atoms with Gasteiger partial charge in [0, 0.05) is 27.6 Å². The van der Waals surface area contributed by atoms with Crippen molar-refractivity contribution in [1.82, 2.24) is 0 Å². The van der Waals surface area contributed by atoms with Crippen molar-refractivity contribution in [2.75, 3.05) is 0 Å². The van der Waals surface area contributed by atoms with Crippen molar-refractivity contribution in [3.63, 3.8) is 0 Å². The summed E-state index contributed by atoms with van der Waals surface area (Å²) < 4.78 is 0. The molecule has 0 aliphatic heterocycles. The van der Waals surface area contributed by atoms with Gasteiger partial charge in [0.05, 0.1) is 0 Å². The summed E-state index contributed by atoms with van der Waals surface area (Å²) in [5.74, 6) is 0. The maximum absolute atomic E-state index is 4.25. The number of hydrogen-bond acceptors (Lipinski definition) is 0. The summed E-state index contributed by atoms with van der Waals surface area (Å²) in [7, 11) is 0. The summed E-state index contributed by atoms with van der Waals surface area (Å²) in [6.45, 7) is 14.0. The predicted octanol–water partition coefficient (Wildman–Crippen LogP) is 1.08. The third-order valence-corrected chi connectivity index (χ3v) is 0. The minimum absolute atomic E-state index is 0. The molecule has 0 aromatic rings. The quantitative estimate of drug-likeness (QED) is 0.575. The van der Waals surface area contributed by atoms with Crippen LogP contribution >= 0.6 is 0 Å². The molecule has 0 nitrogen and oxygen atoms in total. The molecule has 0 heterocycles. The average Bonchev–Trinajstić information content (AvgIpc) is 1.50. The molecule has 0 spiro atoms. The normalized spacial score (nSPS) is 1.60. The van der Waals surface area contributed by atoms with Gasteiger partial charge in [0.15, 0.2) is 0 Å². The van der Waals surface area contributed by atoms with Crippen molar-refractivity contribution in [2.24, 2.45) is 0 Å². The number of hydrogen-bond donors (Lipinski definition) is 0. The maximum atomic E-state index is 4.25. The van der Waals surface area contributed by atoms with E-state index in [0.717, 1.165) is 0 Å². The standard InChI is InChI=1S/2C2H3.Bi.H2/c2*1-2;;/h2*1H,2H2;;1H. The van der Waals surface area contributed by atoms with Crippen LogP contribution < -0.4 is 0 Å². The van der Waals surface area contributed by atoms with E-state index in [1.807, 2.05) is 0 Å². The van der Waals surface area contributed by atoms with Crippen LogP contribution in [0.5, 0.6) is 0 Å². The zero-order valence-electron chi connectivity index (χ0n) is 3.02. The number of rotatable bonds is 0. The van der Waals surface area contributed by atoms with Crippen molar-refractivity contribution in [1.29, 1.82) is 0 Å². The van der Waals surface area contributed by atoms with Crippen molar-refractivity contribution < 1.29 is 1.43 Å². The largest absolute Gasteiger partial charge is 0.0991 e. The molecule has 0 saturated heterocycles. The first-order valence-corrected chi connectivity index (χ1v) is 0.816. The molecule has 0 atom stereocenters. The van der Waals surface area contributed by atoms with Crippen LogP contribution in [0, 0.1) is 13.2 Å². The second-order valence-electron chi connectivity index (χ2n) is 0. The Morgan fingerprint density at radius 2 is 1.00 bits per heavy atom. The first-order valence-electron chi connectivity index (χ1n) is 0.816. The first kappa shape index (κ1) is 18.3. The summed E-state index contributed by atoms with van der Waals surface area (Å²) in [4.78, 5) is 0. The van der Waals surface area contributed by atoms with E-state index in [1.165, 1.54) is 0 Å². The van der Waals surface area contributed by atoms with Crippen LogP contribution in [0.15, 0.2) is 13.2 Å². The van der Waals surface area contributed by atoms with Crippen LogP contribution in [-0.2, 0) is 0 Å². The summed E-state index contributed by atoms with van der Waals surface area (Å²) in [6, 6.07) is 0. The second-order valence-corrected chi connectivity index (χ2v) is 0. The van der Waals surface area contributed by atoms with Gasteiger partial charge in [-0.3, -0.25) is 0 Å². The molecule has 0 aliphatic rings. The monoisotopic (exact) mass is 265 g/mol. The van der Waals surface area contributed by atoms with Gasteiger partial charge in [0.25, 0.3) is 0 Å². The molecule has 29 valence electrons. The summed E-state index contributed by atoms with van der Waals surface area (Å²) in [6.07, 6.45) is 0. The molecule has 1 heteroatoms. The predicted molar refractivity (Wildman–Crippen MR) is 27.7 cm³/mol. The van der Waals surface area contributed by atoms with Gasteiger partial charge < -0.3 is 0 Å². The van der Waals surface area contributed by atoms with Crippen LogP contribution in [-0.4, -0.2) is 26.2 Å². The van der Waals surface area contributed by atoms with Crippen LogP contribution in [0.2, 0.25) is 0 Å². The minimum Gasteiger partial charge on any atom is -0.0991 e. The Morgan fingerprint density at radius 1 is 1.00 bits per heavy atom. The smallest absolute Gasteiger partial charge is 0 e. The molecule has 0 fully saturated rings. The Hall–Kier alpha value is 0.363. The van der Waals surface area contributed by atoms with Gasteiger partial charge in [-0.05, 0) is 0 Å². The van der Waals surface area contributed by atoms with E-state index in [0.29, 0.717) is 0 Å². The summed E-state index contributed by atoms with van der Waals surface area (Å²) in [5.41, 5.74) is 0. The molecule has 0 bridgehead atoms. The van der Waals surface area contributed by atoms with Crippen LogP contribution in [0.25, 0.3) is 0 Å². The molecule has 0 unspecified atom stereocenters. The van der Waals surface area contributed by atoms with Gasteiger partial charge in [-0.15, -0.1) is 0 Å². The van der Waals surface area contributed by atoms with Crippen LogP contribution in [0.1, 0.15) is 1.43 Å².